The number of benzene rings is 2. The van der Waals surface area contributed by atoms with Gasteiger partial charge in [-0.15, -0.1) is 0 Å². The second-order valence-corrected chi connectivity index (χ2v) is 7.06. The number of hydrogen-bond acceptors (Lipinski definition) is 6. The summed E-state index contributed by atoms with van der Waals surface area (Å²) < 4.78 is 11.3. The molecule has 2 heterocycles. The Bertz CT molecular complexity index is 1260. The molecule has 0 atom stereocenters. The van der Waals surface area contributed by atoms with E-state index in [2.05, 4.69) is 21.4 Å². The lowest BCUT2D eigenvalue weighted by Gasteiger charge is -2.14. The van der Waals surface area contributed by atoms with Gasteiger partial charge in [-0.3, -0.25) is 9.97 Å². The summed E-state index contributed by atoms with van der Waals surface area (Å²) in [5.74, 6) is 1.29. The van der Waals surface area contributed by atoms with E-state index in [1.807, 2.05) is 49.4 Å². The number of pyridine rings is 2. The average molecular weight is 431 g/mol. The molecular weight excluding hydrogens is 412 g/mol. The van der Waals surface area contributed by atoms with Crippen LogP contribution in [0.1, 0.15) is 18.2 Å². The van der Waals surface area contributed by atoms with Crippen molar-refractivity contribution >= 4 is 33.9 Å². The second kappa shape index (κ2) is 9.33. The van der Waals surface area contributed by atoms with Crippen molar-refractivity contribution in [2.24, 2.45) is 0 Å². The fourth-order valence-electron chi connectivity index (χ4n) is 3.12. The van der Waals surface area contributed by atoms with Crippen molar-refractivity contribution < 1.29 is 9.47 Å². The molecule has 0 fully saturated rings. The van der Waals surface area contributed by atoms with Gasteiger partial charge in [-0.05, 0) is 49.4 Å². The van der Waals surface area contributed by atoms with E-state index in [0.29, 0.717) is 35.2 Å². The highest BCUT2D eigenvalue weighted by molar-refractivity contribution is 6.32. The van der Waals surface area contributed by atoms with Crippen LogP contribution in [0.15, 0.2) is 67.0 Å². The molecule has 0 aliphatic carbocycles. The van der Waals surface area contributed by atoms with Crippen LogP contribution in [0.2, 0.25) is 5.02 Å². The monoisotopic (exact) mass is 430 g/mol. The normalized spacial score (nSPS) is 10.5. The third kappa shape index (κ3) is 4.68. The van der Waals surface area contributed by atoms with Gasteiger partial charge < -0.3 is 14.8 Å². The van der Waals surface area contributed by atoms with Crippen molar-refractivity contribution in [2.45, 2.75) is 13.5 Å². The van der Waals surface area contributed by atoms with E-state index in [0.717, 1.165) is 28.0 Å². The number of nitrogens with one attached hydrogen (secondary N) is 1. The van der Waals surface area contributed by atoms with Gasteiger partial charge in [0.05, 0.1) is 34.1 Å². The molecule has 0 bridgehead atoms. The van der Waals surface area contributed by atoms with Gasteiger partial charge in [0.1, 0.15) is 24.2 Å². The number of hydrogen-bond donors (Lipinski definition) is 1. The first kappa shape index (κ1) is 20.5. The predicted octanol–water partition coefficient (Wildman–Crippen LogP) is 5.88. The molecule has 0 saturated heterocycles. The third-order valence-corrected chi connectivity index (χ3v) is 4.87. The number of nitriles is 1. The molecule has 0 aliphatic heterocycles. The number of anilines is 2. The maximum Gasteiger partial charge on any atom is 0.138 e. The Labute approximate surface area is 185 Å². The molecule has 1 N–H and O–H groups in total. The highest BCUT2D eigenvalue weighted by atomic mass is 35.5. The molecule has 0 aliphatic rings. The maximum atomic E-state index is 9.56. The number of aromatic nitrogens is 2. The number of fused-ring (bicyclic) bond motifs is 1. The molecule has 6 nitrogen and oxygen atoms in total. The van der Waals surface area contributed by atoms with E-state index in [-0.39, 0.29) is 0 Å². The van der Waals surface area contributed by atoms with Crippen molar-refractivity contribution in [3.05, 3.63) is 83.3 Å². The number of nitrogens with zero attached hydrogens (tertiary/aromatic N) is 3. The van der Waals surface area contributed by atoms with Crippen molar-refractivity contribution in [3.8, 4) is 17.6 Å². The second-order valence-electron chi connectivity index (χ2n) is 6.65. The fraction of sp³-hybridized carbons (Fsp3) is 0.125. The summed E-state index contributed by atoms with van der Waals surface area (Å²) in [6.45, 7) is 2.82. The van der Waals surface area contributed by atoms with E-state index in [4.69, 9.17) is 21.1 Å². The number of halogens is 1. The molecule has 0 radical (unpaired) electrons. The molecule has 4 rings (SSSR count). The van der Waals surface area contributed by atoms with Gasteiger partial charge in [0.2, 0.25) is 0 Å². The van der Waals surface area contributed by atoms with Crippen molar-refractivity contribution in [1.82, 2.24) is 9.97 Å². The zero-order valence-corrected chi connectivity index (χ0v) is 17.6. The van der Waals surface area contributed by atoms with Crippen LogP contribution in [0.5, 0.6) is 11.5 Å². The van der Waals surface area contributed by atoms with E-state index in [1.165, 1.54) is 0 Å². The van der Waals surface area contributed by atoms with E-state index < -0.39 is 0 Å². The zero-order valence-electron chi connectivity index (χ0n) is 16.8. The van der Waals surface area contributed by atoms with Crippen LogP contribution >= 0.6 is 11.6 Å². The minimum absolute atomic E-state index is 0.322. The summed E-state index contributed by atoms with van der Waals surface area (Å²) in [4.78, 5) is 8.62. The van der Waals surface area contributed by atoms with Crippen LogP contribution in [0.4, 0.5) is 11.4 Å². The van der Waals surface area contributed by atoms with Gasteiger partial charge in [-0.2, -0.15) is 5.26 Å². The average Bonchev–Trinajstić information content (AvgIpc) is 2.79. The first-order valence-electron chi connectivity index (χ1n) is 9.73. The quantitative estimate of drug-likeness (QED) is 0.394. The summed E-state index contributed by atoms with van der Waals surface area (Å²) in [5, 5.41) is 14.1. The Morgan fingerprint density at radius 2 is 1.97 bits per heavy atom. The fourth-order valence-corrected chi connectivity index (χ4v) is 3.36. The largest absolute Gasteiger partial charge is 0.494 e. The lowest BCUT2D eigenvalue weighted by atomic mass is 10.1. The highest BCUT2D eigenvalue weighted by Crippen LogP contribution is 2.34. The molecule has 31 heavy (non-hydrogen) atoms. The maximum absolute atomic E-state index is 9.56. The van der Waals surface area contributed by atoms with Crippen molar-refractivity contribution in [2.75, 3.05) is 11.9 Å². The molecule has 4 aromatic rings. The van der Waals surface area contributed by atoms with Crippen LogP contribution in [-0.4, -0.2) is 16.6 Å². The third-order valence-electron chi connectivity index (χ3n) is 4.57. The van der Waals surface area contributed by atoms with Crippen LogP contribution in [0, 0.1) is 11.3 Å². The molecule has 2 aromatic heterocycles. The molecule has 0 saturated carbocycles. The van der Waals surface area contributed by atoms with Crippen LogP contribution in [0.3, 0.4) is 0 Å². The summed E-state index contributed by atoms with van der Waals surface area (Å²) >= 11 is 6.43. The van der Waals surface area contributed by atoms with Crippen LogP contribution in [0.25, 0.3) is 10.9 Å². The number of ether oxygens (including phenoxy) is 2. The van der Waals surface area contributed by atoms with Crippen LogP contribution in [-0.2, 0) is 6.61 Å². The highest BCUT2D eigenvalue weighted by Gasteiger charge is 2.12. The van der Waals surface area contributed by atoms with E-state index >= 15 is 0 Å². The first-order valence-corrected chi connectivity index (χ1v) is 10.1. The first-order chi connectivity index (χ1) is 15.2. The Morgan fingerprint density at radius 3 is 2.71 bits per heavy atom. The minimum Gasteiger partial charge on any atom is -0.494 e. The smallest absolute Gasteiger partial charge is 0.138 e. The lowest BCUT2D eigenvalue weighted by molar-refractivity contribution is 0.301. The zero-order chi connectivity index (χ0) is 21.6. The Morgan fingerprint density at radius 1 is 1.06 bits per heavy atom. The van der Waals surface area contributed by atoms with Crippen LogP contribution < -0.4 is 14.8 Å². The Hall–Kier alpha value is -3.82. The topological polar surface area (TPSA) is 80.1 Å². The molecule has 0 unspecified atom stereocenters. The minimum atomic E-state index is 0.322. The number of rotatable bonds is 7. The molecule has 7 heteroatoms. The van der Waals surface area contributed by atoms with Gasteiger partial charge in [-0.25, -0.2) is 0 Å². The lowest BCUT2D eigenvalue weighted by Crippen LogP contribution is -2.00. The Kier molecular flexibility index (Phi) is 6.16. The molecule has 0 spiro atoms. The molecule has 154 valence electrons. The van der Waals surface area contributed by atoms with Gasteiger partial charge in [0, 0.05) is 29.5 Å². The summed E-state index contributed by atoms with van der Waals surface area (Å²) in [5.41, 5.74) is 3.37. The molecule has 2 aromatic carbocycles. The van der Waals surface area contributed by atoms with E-state index in [1.54, 1.807) is 24.5 Å². The van der Waals surface area contributed by atoms with Crippen molar-refractivity contribution in [1.29, 1.82) is 5.26 Å². The Balaban J connectivity index is 1.59. The molecular formula is C24H19ClN4O2. The van der Waals surface area contributed by atoms with E-state index in [9.17, 15) is 5.26 Å². The SMILES string of the molecule is CCOc1ccc2c(Nc3ccc(OCc4ccccn4)c(Cl)c3)c(C#N)cnc2c1. The van der Waals surface area contributed by atoms with Gasteiger partial charge >= 0.3 is 0 Å². The van der Waals surface area contributed by atoms with Crippen molar-refractivity contribution in [3.63, 3.8) is 0 Å². The predicted molar refractivity (Wildman–Crippen MR) is 121 cm³/mol. The van der Waals surface area contributed by atoms with Gasteiger partial charge in [0.25, 0.3) is 0 Å². The summed E-state index contributed by atoms with van der Waals surface area (Å²) in [6, 6.07) is 18.8. The molecule has 0 amide bonds. The summed E-state index contributed by atoms with van der Waals surface area (Å²) in [6.07, 6.45) is 3.27. The summed E-state index contributed by atoms with van der Waals surface area (Å²) in [7, 11) is 0. The van der Waals surface area contributed by atoms with Gasteiger partial charge in [-0.1, -0.05) is 17.7 Å². The van der Waals surface area contributed by atoms with Gasteiger partial charge in [0.15, 0.2) is 0 Å². The standard InChI is InChI=1S/C24H19ClN4O2/c1-2-30-19-7-8-20-22(12-19)28-14-16(13-26)24(20)29-17-6-9-23(21(25)11-17)31-15-18-5-3-4-10-27-18/h3-12,14H,2,15H2,1H3,(H,28,29).